The Bertz CT molecular complexity index is 595. The maximum atomic E-state index is 10.5. The Labute approximate surface area is 130 Å². The quantitative estimate of drug-likeness (QED) is 0.862. The Balaban J connectivity index is 1.89. The molecule has 2 rings (SSSR count). The van der Waals surface area contributed by atoms with Crippen LogP contribution in [0.25, 0.3) is 0 Å². The van der Waals surface area contributed by atoms with Crippen molar-refractivity contribution in [3.8, 4) is 0 Å². The highest BCUT2D eigenvalue weighted by Crippen LogP contribution is 2.21. The van der Waals surface area contributed by atoms with Gasteiger partial charge in [0.25, 0.3) is 0 Å². The fraction of sp³-hybridized carbons (Fsp3) is 0.438. The monoisotopic (exact) mass is 307 g/mol. The Kier molecular flexibility index (Phi) is 5.04. The van der Waals surface area contributed by atoms with Crippen molar-refractivity contribution in [1.82, 2.24) is 15.1 Å². The molecule has 114 valence electrons. The lowest BCUT2D eigenvalue weighted by atomic mass is 9.98. The zero-order valence-electron chi connectivity index (χ0n) is 12.7. The first-order valence-electron chi connectivity index (χ1n) is 7.06. The Hall–Kier alpha value is -1.36. The largest absolute Gasteiger partial charge is 0.384 e. The minimum absolute atomic E-state index is 0.327. The van der Waals surface area contributed by atoms with E-state index in [2.05, 4.69) is 23.4 Å². The van der Waals surface area contributed by atoms with Gasteiger partial charge in [0.05, 0.1) is 6.20 Å². The summed E-state index contributed by atoms with van der Waals surface area (Å²) in [5.74, 6) is 0.327. The minimum Gasteiger partial charge on any atom is -0.384 e. The normalized spacial score (nSPS) is 15.7. The van der Waals surface area contributed by atoms with Crippen molar-refractivity contribution in [2.75, 3.05) is 13.1 Å². The predicted octanol–water partition coefficient (Wildman–Crippen LogP) is 2.67. The number of hydrogen-bond donors (Lipinski definition) is 2. The van der Waals surface area contributed by atoms with Crippen LogP contribution < -0.4 is 5.32 Å². The molecule has 0 saturated carbocycles. The summed E-state index contributed by atoms with van der Waals surface area (Å²) in [6, 6.07) is 7.88. The van der Waals surface area contributed by atoms with Crippen molar-refractivity contribution >= 4 is 11.6 Å². The van der Waals surface area contributed by atoms with Crippen molar-refractivity contribution in [1.29, 1.82) is 0 Å². The van der Waals surface area contributed by atoms with Crippen LogP contribution in [0.1, 0.15) is 30.9 Å². The van der Waals surface area contributed by atoms with Gasteiger partial charge in [-0.2, -0.15) is 5.10 Å². The molecule has 0 aliphatic carbocycles. The molecule has 0 amide bonds. The van der Waals surface area contributed by atoms with Gasteiger partial charge < -0.3 is 10.4 Å². The highest BCUT2D eigenvalue weighted by atomic mass is 35.5. The summed E-state index contributed by atoms with van der Waals surface area (Å²) in [6.07, 6.45) is 3.53. The van der Waals surface area contributed by atoms with Gasteiger partial charge in [-0.15, -0.1) is 0 Å². The first kappa shape index (κ1) is 16.0. The van der Waals surface area contributed by atoms with E-state index in [1.54, 1.807) is 17.8 Å². The van der Waals surface area contributed by atoms with Crippen molar-refractivity contribution in [3.05, 3.63) is 52.8 Å². The fourth-order valence-corrected chi connectivity index (χ4v) is 2.46. The van der Waals surface area contributed by atoms with Gasteiger partial charge in [-0.1, -0.05) is 30.7 Å². The number of hydrogen-bond acceptors (Lipinski definition) is 3. The molecular formula is C16H22ClN3O. The summed E-state index contributed by atoms with van der Waals surface area (Å²) in [5.41, 5.74) is 1.08. The lowest BCUT2D eigenvalue weighted by molar-refractivity contribution is 0.0568. The molecular weight excluding hydrogens is 286 g/mol. The van der Waals surface area contributed by atoms with Crippen LogP contribution >= 0.6 is 11.6 Å². The summed E-state index contributed by atoms with van der Waals surface area (Å²) in [7, 11) is 1.84. The summed E-state index contributed by atoms with van der Waals surface area (Å²) in [4.78, 5) is 0. The average molecular weight is 308 g/mol. The van der Waals surface area contributed by atoms with E-state index >= 15 is 0 Å². The third-order valence-corrected chi connectivity index (χ3v) is 3.90. The number of benzene rings is 1. The lowest BCUT2D eigenvalue weighted by Gasteiger charge is -2.23. The molecule has 0 unspecified atom stereocenters. The van der Waals surface area contributed by atoms with Gasteiger partial charge >= 0.3 is 0 Å². The van der Waals surface area contributed by atoms with Gasteiger partial charge in [0.1, 0.15) is 5.60 Å². The van der Waals surface area contributed by atoms with Gasteiger partial charge in [-0.3, -0.25) is 4.68 Å². The highest BCUT2D eigenvalue weighted by molar-refractivity contribution is 6.30. The van der Waals surface area contributed by atoms with E-state index in [-0.39, 0.29) is 0 Å². The smallest absolute Gasteiger partial charge is 0.102 e. The van der Waals surface area contributed by atoms with E-state index < -0.39 is 5.60 Å². The van der Waals surface area contributed by atoms with E-state index in [0.29, 0.717) is 12.5 Å². The van der Waals surface area contributed by atoms with Gasteiger partial charge in [-0.05, 0) is 30.5 Å². The molecule has 1 aromatic heterocycles. The third-order valence-electron chi connectivity index (χ3n) is 3.66. The Morgan fingerprint density at radius 3 is 2.86 bits per heavy atom. The van der Waals surface area contributed by atoms with Crippen LogP contribution in [0, 0.1) is 0 Å². The predicted molar refractivity (Wildman–Crippen MR) is 85.5 cm³/mol. The van der Waals surface area contributed by atoms with E-state index in [9.17, 15) is 5.11 Å². The topological polar surface area (TPSA) is 50.1 Å². The molecule has 0 aliphatic rings. The number of aryl methyl sites for hydroxylation is 1. The van der Waals surface area contributed by atoms with E-state index in [0.717, 1.165) is 17.1 Å². The number of rotatable bonds is 6. The molecule has 1 aromatic carbocycles. The SMILES string of the molecule is C[C@@H](CNC[C@](C)(O)c1cnn(C)c1)c1cccc(Cl)c1. The molecule has 21 heavy (non-hydrogen) atoms. The highest BCUT2D eigenvalue weighted by Gasteiger charge is 2.24. The second kappa shape index (κ2) is 6.60. The molecule has 1 heterocycles. The van der Waals surface area contributed by atoms with Crippen LogP contribution in [0.5, 0.6) is 0 Å². The van der Waals surface area contributed by atoms with Crippen molar-refractivity contribution in [2.24, 2.45) is 7.05 Å². The van der Waals surface area contributed by atoms with E-state index in [4.69, 9.17) is 11.6 Å². The fourth-order valence-electron chi connectivity index (χ4n) is 2.26. The molecule has 0 saturated heterocycles. The molecule has 2 N–H and O–H groups in total. The van der Waals surface area contributed by atoms with Gasteiger partial charge in [0, 0.05) is 36.9 Å². The Morgan fingerprint density at radius 2 is 2.24 bits per heavy atom. The van der Waals surface area contributed by atoms with Crippen LogP contribution in [0.4, 0.5) is 0 Å². The first-order chi connectivity index (χ1) is 9.88. The van der Waals surface area contributed by atoms with Crippen molar-refractivity contribution < 1.29 is 5.11 Å². The maximum absolute atomic E-state index is 10.5. The molecule has 2 atom stereocenters. The molecule has 4 nitrogen and oxygen atoms in total. The van der Waals surface area contributed by atoms with Crippen LogP contribution in [0.3, 0.4) is 0 Å². The molecule has 0 spiro atoms. The number of aromatic nitrogens is 2. The van der Waals surface area contributed by atoms with Gasteiger partial charge in [-0.25, -0.2) is 0 Å². The zero-order valence-corrected chi connectivity index (χ0v) is 13.4. The molecule has 0 fully saturated rings. The number of nitrogens with zero attached hydrogens (tertiary/aromatic N) is 2. The maximum Gasteiger partial charge on any atom is 0.102 e. The summed E-state index contributed by atoms with van der Waals surface area (Å²) in [6.45, 7) is 5.18. The molecule has 2 aromatic rings. The van der Waals surface area contributed by atoms with E-state index in [1.807, 2.05) is 31.4 Å². The van der Waals surface area contributed by atoms with Crippen molar-refractivity contribution in [3.63, 3.8) is 0 Å². The molecule has 5 heteroatoms. The average Bonchev–Trinajstić information content (AvgIpc) is 2.86. The standard InChI is InChI=1S/C16H22ClN3O/c1-12(13-5-4-6-15(17)7-13)8-18-11-16(2,21)14-9-19-20(3)10-14/h4-7,9-10,12,18,21H,8,11H2,1-3H3/t12-,16-/m0/s1. The van der Waals surface area contributed by atoms with E-state index in [1.165, 1.54) is 5.56 Å². The molecule has 0 radical (unpaired) electrons. The molecule has 0 aliphatic heterocycles. The summed E-state index contributed by atoms with van der Waals surface area (Å²) < 4.78 is 1.69. The van der Waals surface area contributed by atoms with Gasteiger partial charge in [0.15, 0.2) is 0 Å². The number of halogens is 1. The molecule has 0 bridgehead atoms. The van der Waals surface area contributed by atoms with Crippen molar-refractivity contribution in [2.45, 2.75) is 25.4 Å². The zero-order chi connectivity index (χ0) is 15.5. The minimum atomic E-state index is -0.928. The van der Waals surface area contributed by atoms with Crippen LogP contribution in [0.2, 0.25) is 5.02 Å². The second-order valence-corrected chi connectivity index (χ2v) is 6.20. The lowest BCUT2D eigenvalue weighted by Crippen LogP contribution is -2.36. The summed E-state index contributed by atoms with van der Waals surface area (Å²) in [5, 5.41) is 18.7. The van der Waals surface area contributed by atoms with Crippen LogP contribution in [-0.4, -0.2) is 28.0 Å². The summed E-state index contributed by atoms with van der Waals surface area (Å²) >= 11 is 6.01. The van der Waals surface area contributed by atoms with Crippen LogP contribution in [0.15, 0.2) is 36.7 Å². The Morgan fingerprint density at radius 1 is 1.48 bits per heavy atom. The van der Waals surface area contributed by atoms with Crippen LogP contribution in [-0.2, 0) is 12.6 Å². The number of nitrogens with one attached hydrogen (secondary N) is 1. The number of aliphatic hydroxyl groups is 1. The first-order valence-corrected chi connectivity index (χ1v) is 7.44. The van der Waals surface area contributed by atoms with Gasteiger partial charge in [0.2, 0.25) is 0 Å². The second-order valence-electron chi connectivity index (χ2n) is 5.76. The third kappa shape index (κ3) is 4.30.